The average Bonchev–Trinajstić information content (AvgIpc) is 2.24. The molecule has 1 aliphatic heterocycles. The lowest BCUT2D eigenvalue weighted by molar-refractivity contribution is -0.418. The molecule has 0 saturated carbocycles. The van der Waals surface area contributed by atoms with E-state index < -0.39 is 29.7 Å². The van der Waals surface area contributed by atoms with Gasteiger partial charge < -0.3 is 0 Å². The molecule has 0 unspecified atom stereocenters. The van der Waals surface area contributed by atoms with Gasteiger partial charge in [0.25, 0.3) is 0 Å². The highest BCUT2D eigenvalue weighted by Gasteiger charge is 2.44. The smallest absolute Gasteiger partial charge is 0.258 e. The Morgan fingerprint density at radius 1 is 1.00 bits per heavy atom. The molecule has 8 nitrogen and oxygen atoms in total. The summed E-state index contributed by atoms with van der Waals surface area (Å²) in [4.78, 5) is 17.8. The van der Waals surface area contributed by atoms with Crippen LogP contribution in [0.3, 0.4) is 0 Å². The Kier molecular flexibility index (Phi) is 1.88. The van der Waals surface area contributed by atoms with Crippen molar-refractivity contribution in [1.82, 2.24) is 0 Å². The van der Waals surface area contributed by atoms with Gasteiger partial charge in [0.15, 0.2) is 0 Å². The lowest BCUT2D eigenvalue weighted by atomic mass is 10.6. The van der Waals surface area contributed by atoms with Gasteiger partial charge >= 0.3 is 19.9 Å². The van der Waals surface area contributed by atoms with Crippen LogP contribution in [0.15, 0.2) is 22.2 Å². The van der Waals surface area contributed by atoms with Crippen LogP contribution in [0.25, 0.3) is 0 Å². The van der Waals surface area contributed by atoms with E-state index in [1.807, 2.05) is 0 Å². The van der Waals surface area contributed by atoms with Gasteiger partial charge in [-0.25, -0.2) is 8.42 Å². The highest BCUT2D eigenvalue weighted by Crippen LogP contribution is 2.24. The second kappa shape index (κ2) is 2.62. The van der Waals surface area contributed by atoms with Crippen LogP contribution < -0.4 is 0 Å². The third-order valence-corrected chi connectivity index (χ3v) is 2.95. The molecule has 0 atom stereocenters. The lowest BCUT2D eigenvalue weighted by Gasteiger charge is -1.92. The molecule has 0 spiro atoms. The largest absolute Gasteiger partial charge is 0.370 e. The molecule has 9 heteroatoms. The van der Waals surface area contributed by atoms with Crippen molar-refractivity contribution in [2.24, 2.45) is 0 Å². The number of allylic oxidation sites excluding steroid dienone is 2. The van der Waals surface area contributed by atoms with Crippen LogP contribution in [-0.2, 0) is 9.84 Å². The van der Waals surface area contributed by atoms with Gasteiger partial charge in [-0.2, -0.15) is 0 Å². The van der Waals surface area contributed by atoms with E-state index in [9.17, 15) is 28.6 Å². The Morgan fingerprint density at radius 2 is 1.31 bits per heavy atom. The molecule has 1 aliphatic rings. The number of rotatable bonds is 2. The molecule has 70 valence electrons. The van der Waals surface area contributed by atoms with E-state index in [0.29, 0.717) is 12.2 Å². The summed E-state index contributed by atoms with van der Waals surface area (Å²) >= 11 is 0. The molecule has 0 radical (unpaired) electrons. The van der Waals surface area contributed by atoms with Crippen molar-refractivity contribution in [1.29, 1.82) is 0 Å². The molecule has 0 aliphatic carbocycles. The third kappa shape index (κ3) is 1.28. The Hall–Kier alpha value is -1.77. The molecule has 0 aromatic heterocycles. The normalized spacial score (nSPS) is 19.1. The molecule has 0 N–H and O–H groups in total. The fourth-order valence-electron chi connectivity index (χ4n) is 0.747. The summed E-state index contributed by atoms with van der Waals surface area (Å²) in [5.41, 5.74) is 0. The minimum atomic E-state index is -4.50. The standard InChI is InChI=1S/C4H2N2O6S/c7-5(8)3-1-2-4(6(9)10)13(3,11)12/h1-2H. The van der Waals surface area contributed by atoms with Crippen LogP contribution >= 0.6 is 0 Å². The van der Waals surface area contributed by atoms with Gasteiger partial charge in [-0.1, -0.05) is 0 Å². The molecule has 13 heavy (non-hydrogen) atoms. The van der Waals surface area contributed by atoms with E-state index in [1.165, 1.54) is 0 Å². The first-order chi connectivity index (χ1) is 5.87. The first-order valence-electron chi connectivity index (χ1n) is 2.83. The predicted octanol–water partition coefficient (Wildman–Crippen LogP) is -0.349. The summed E-state index contributed by atoms with van der Waals surface area (Å²) in [6.07, 6.45) is 1.18. The van der Waals surface area contributed by atoms with Crippen molar-refractivity contribution < 1.29 is 18.3 Å². The molecule has 1 rings (SSSR count). The first kappa shape index (κ1) is 9.32. The molecular weight excluding hydrogens is 204 g/mol. The summed E-state index contributed by atoms with van der Waals surface area (Å²) < 4.78 is 21.9. The van der Waals surface area contributed by atoms with Crippen molar-refractivity contribution in [3.05, 3.63) is 42.4 Å². The van der Waals surface area contributed by atoms with Crippen LogP contribution in [0, 0.1) is 20.2 Å². The van der Waals surface area contributed by atoms with Gasteiger partial charge in [-0.3, -0.25) is 20.2 Å². The fraction of sp³-hybridized carbons (Fsp3) is 0. The van der Waals surface area contributed by atoms with E-state index in [4.69, 9.17) is 0 Å². The molecule has 0 aromatic carbocycles. The van der Waals surface area contributed by atoms with Gasteiger partial charge in [0.05, 0.1) is 9.85 Å². The summed E-state index contributed by atoms with van der Waals surface area (Å²) in [5.74, 6) is 0. The molecule has 0 amide bonds. The van der Waals surface area contributed by atoms with E-state index in [2.05, 4.69) is 0 Å². The zero-order valence-corrected chi connectivity index (χ0v) is 6.72. The van der Waals surface area contributed by atoms with Crippen molar-refractivity contribution in [2.45, 2.75) is 0 Å². The third-order valence-electron chi connectivity index (χ3n) is 1.28. The van der Waals surface area contributed by atoms with Crippen LogP contribution in [-0.4, -0.2) is 18.3 Å². The molecule has 0 aromatic rings. The second-order valence-corrected chi connectivity index (χ2v) is 3.87. The highest BCUT2D eigenvalue weighted by atomic mass is 32.2. The number of sulfone groups is 1. The predicted molar refractivity (Wildman–Crippen MR) is 39.1 cm³/mol. The first-order valence-corrected chi connectivity index (χ1v) is 4.31. The lowest BCUT2D eigenvalue weighted by Crippen LogP contribution is -2.14. The molecule has 0 fully saturated rings. The van der Waals surface area contributed by atoms with Crippen molar-refractivity contribution in [3.63, 3.8) is 0 Å². The Balaban J connectivity index is 3.24. The fourth-order valence-corrected chi connectivity index (χ4v) is 1.85. The van der Waals surface area contributed by atoms with Crippen LogP contribution in [0.1, 0.15) is 0 Å². The number of nitrogens with zero attached hydrogens (tertiary/aromatic N) is 2. The van der Waals surface area contributed by atoms with Gasteiger partial charge in [0.2, 0.25) is 0 Å². The minimum absolute atomic E-state index is 0.591. The van der Waals surface area contributed by atoms with E-state index in [0.717, 1.165) is 0 Å². The average molecular weight is 206 g/mol. The highest BCUT2D eigenvalue weighted by molar-refractivity contribution is 7.98. The molecular formula is C4H2N2O6S. The van der Waals surface area contributed by atoms with E-state index in [1.54, 1.807) is 0 Å². The second-order valence-electron chi connectivity index (χ2n) is 2.03. The molecule has 0 saturated heterocycles. The Bertz CT molecular complexity index is 407. The van der Waals surface area contributed by atoms with Crippen molar-refractivity contribution >= 4 is 9.84 Å². The maximum Gasteiger partial charge on any atom is 0.370 e. The Labute approximate surface area is 71.4 Å². The monoisotopic (exact) mass is 206 g/mol. The zero-order chi connectivity index (χ0) is 10.2. The van der Waals surface area contributed by atoms with E-state index >= 15 is 0 Å². The van der Waals surface area contributed by atoms with Crippen molar-refractivity contribution in [3.8, 4) is 0 Å². The maximum absolute atomic E-state index is 11.0. The maximum atomic E-state index is 11.0. The van der Waals surface area contributed by atoms with Gasteiger partial charge in [-0.05, 0) is 0 Å². The summed E-state index contributed by atoms with van der Waals surface area (Å²) in [6, 6.07) is 0. The minimum Gasteiger partial charge on any atom is -0.258 e. The number of hydrogen-bond acceptors (Lipinski definition) is 6. The number of hydrogen-bond donors (Lipinski definition) is 0. The van der Waals surface area contributed by atoms with Crippen LogP contribution in [0.5, 0.6) is 0 Å². The SMILES string of the molecule is O=[N+]([O-])C1=CC=C([N+](=O)[O-])S1(=O)=O. The molecule has 0 bridgehead atoms. The zero-order valence-electron chi connectivity index (χ0n) is 5.91. The van der Waals surface area contributed by atoms with Gasteiger partial charge in [-0.15, -0.1) is 0 Å². The van der Waals surface area contributed by atoms with Crippen LogP contribution in [0.4, 0.5) is 0 Å². The Morgan fingerprint density at radius 3 is 1.46 bits per heavy atom. The summed E-state index contributed by atoms with van der Waals surface area (Å²) in [7, 11) is -4.50. The van der Waals surface area contributed by atoms with Crippen molar-refractivity contribution in [2.75, 3.05) is 0 Å². The van der Waals surface area contributed by atoms with E-state index in [-0.39, 0.29) is 0 Å². The summed E-state index contributed by atoms with van der Waals surface area (Å²) in [6.45, 7) is 0. The quantitative estimate of drug-likeness (QED) is 0.449. The van der Waals surface area contributed by atoms with Gasteiger partial charge in [0, 0.05) is 12.2 Å². The topological polar surface area (TPSA) is 120 Å². The summed E-state index contributed by atoms with van der Waals surface area (Å²) in [5, 5.41) is 17.8. The van der Waals surface area contributed by atoms with Gasteiger partial charge in [0.1, 0.15) is 0 Å². The van der Waals surface area contributed by atoms with Crippen LogP contribution in [0.2, 0.25) is 0 Å². The number of nitro groups is 2. The molecule has 1 heterocycles.